The predicted octanol–water partition coefficient (Wildman–Crippen LogP) is 5.12. The van der Waals surface area contributed by atoms with Crippen molar-refractivity contribution in [2.75, 3.05) is 13.2 Å². The van der Waals surface area contributed by atoms with Crippen LogP contribution in [0.25, 0.3) is 0 Å². The summed E-state index contributed by atoms with van der Waals surface area (Å²) in [5.74, 6) is 1.06. The molecule has 3 heteroatoms. The van der Waals surface area contributed by atoms with Crippen LogP contribution in [0.1, 0.15) is 70.8 Å². The third kappa shape index (κ3) is 16.7. The van der Waals surface area contributed by atoms with Gasteiger partial charge in [-0.3, -0.25) is 4.79 Å². The van der Waals surface area contributed by atoms with Gasteiger partial charge in [0.2, 0.25) is 0 Å². The van der Waals surface area contributed by atoms with Crippen molar-refractivity contribution in [2.24, 2.45) is 5.92 Å². The lowest BCUT2D eigenvalue weighted by atomic mass is 10.0. The standard InChI is InChI=1S/C13H18O.C4H10O.C3H6O/c1-4-13(14)12-7-5-11(6-8-12)9-10(2)3;1-3-5-4-2;1-3(2)4/h5-8,10H,4,9H2,1-3H3;3-4H2,1-2H3;1-2H3. The van der Waals surface area contributed by atoms with Gasteiger partial charge in [0, 0.05) is 25.2 Å². The fraction of sp³-hybridized carbons (Fsp3) is 0.600. The van der Waals surface area contributed by atoms with Gasteiger partial charge in [-0.25, -0.2) is 0 Å². The lowest BCUT2D eigenvalue weighted by Crippen LogP contribution is -1.98. The first-order chi connectivity index (χ1) is 10.8. The molecule has 0 amide bonds. The molecule has 0 aliphatic carbocycles. The van der Waals surface area contributed by atoms with Crippen LogP contribution >= 0.6 is 0 Å². The molecular formula is C20H34O3. The van der Waals surface area contributed by atoms with E-state index < -0.39 is 0 Å². The summed E-state index contributed by atoms with van der Waals surface area (Å²) >= 11 is 0. The molecule has 3 nitrogen and oxygen atoms in total. The lowest BCUT2D eigenvalue weighted by molar-refractivity contribution is -0.114. The molecular weight excluding hydrogens is 288 g/mol. The van der Waals surface area contributed by atoms with Crippen molar-refractivity contribution in [2.45, 2.75) is 61.3 Å². The molecule has 0 unspecified atom stereocenters. The molecule has 0 spiro atoms. The largest absolute Gasteiger partial charge is 0.382 e. The summed E-state index contributed by atoms with van der Waals surface area (Å²) in [5, 5.41) is 0. The Hall–Kier alpha value is -1.48. The van der Waals surface area contributed by atoms with Crippen molar-refractivity contribution < 1.29 is 14.3 Å². The molecule has 0 aliphatic rings. The molecule has 0 N–H and O–H groups in total. The predicted molar refractivity (Wildman–Crippen MR) is 98.1 cm³/mol. The summed E-state index contributed by atoms with van der Waals surface area (Å²) in [6.07, 6.45) is 1.67. The van der Waals surface area contributed by atoms with Gasteiger partial charge >= 0.3 is 0 Å². The number of carbonyl (C=O) groups is 2. The third-order valence-electron chi connectivity index (χ3n) is 2.65. The molecule has 0 saturated heterocycles. The summed E-state index contributed by atoms with van der Waals surface area (Å²) in [6, 6.07) is 7.98. The zero-order valence-corrected chi connectivity index (χ0v) is 15.9. The molecule has 0 atom stereocenters. The highest BCUT2D eigenvalue weighted by molar-refractivity contribution is 5.95. The highest BCUT2D eigenvalue weighted by Gasteiger charge is 2.03. The average Bonchev–Trinajstić information content (AvgIpc) is 2.47. The summed E-state index contributed by atoms with van der Waals surface area (Å²) in [7, 11) is 0. The van der Waals surface area contributed by atoms with Crippen LogP contribution in [0.15, 0.2) is 24.3 Å². The SMILES string of the molecule is CC(C)=O.CCC(=O)c1ccc(CC(C)C)cc1.CCOCC. The molecule has 0 bridgehead atoms. The van der Waals surface area contributed by atoms with Gasteiger partial charge in [0.1, 0.15) is 5.78 Å². The second kappa shape index (κ2) is 15.4. The van der Waals surface area contributed by atoms with Crippen LogP contribution in [0.4, 0.5) is 0 Å². The Kier molecular flexibility index (Phi) is 15.9. The maximum Gasteiger partial charge on any atom is 0.162 e. The molecule has 1 aromatic rings. The van der Waals surface area contributed by atoms with Crippen molar-refractivity contribution >= 4 is 11.6 Å². The Morgan fingerprint density at radius 1 is 0.957 bits per heavy atom. The number of ketones is 2. The van der Waals surface area contributed by atoms with Crippen LogP contribution in [-0.2, 0) is 16.0 Å². The lowest BCUT2D eigenvalue weighted by Gasteiger charge is -2.05. The fourth-order valence-corrected chi connectivity index (χ4v) is 1.71. The molecule has 132 valence electrons. The van der Waals surface area contributed by atoms with Gasteiger partial charge in [0.05, 0.1) is 0 Å². The van der Waals surface area contributed by atoms with Gasteiger partial charge < -0.3 is 9.53 Å². The van der Waals surface area contributed by atoms with Gasteiger partial charge in [-0.05, 0) is 45.6 Å². The van der Waals surface area contributed by atoms with Gasteiger partial charge in [0.15, 0.2) is 5.78 Å². The van der Waals surface area contributed by atoms with Gasteiger partial charge in [-0.15, -0.1) is 0 Å². The van der Waals surface area contributed by atoms with E-state index in [0.717, 1.165) is 25.2 Å². The number of benzene rings is 1. The number of ether oxygens (including phenoxy) is 1. The van der Waals surface area contributed by atoms with E-state index in [9.17, 15) is 9.59 Å². The van der Waals surface area contributed by atoms with Crippen molar-refractivity contribution in [3.63, 3.8) is 0 Å². The number of hydrogen-bond donors (Lipinski definition) is 0. The minimum absolute atomic E-state index is 0.167. The number of rotatable bonds is 6. The molecule has 23 heavy (non-hydrogen) atoms. The quantitative estimate of drug-likeness (QED) is 0.683. The van der Waals surface area contributed by atoms with Crippen LogP contribution < -0.4 is 0 Å². The van der Waals surface area contributed by atoms with E-state index in [1.807, 2.05) is 32.9 Å². The highest BCUT2D eigenvalue weighted by Crippen LogP contribution is 2.10. The van der Waals surface area contributed by atoms with Crippen molar-refractivity contribution in [3.8, 4) is 0 Å². The maximum atomic E-state index is 11.3. The van der Waals surface area contributed by atoms with Crippen molar-refractivity contribution in [1.29, 1.82) is 0 Å². The van der Waals surface area contributed by atoms with Crippen LogP contribution in [0, 0.1) is 5.92 Å². The molecule has 0 fully saturated rings. The minimum atomic E-state index is 0.167. The van der Waals surface area contributed by atoms with Gasteiger partial charge in [-0.1, -0.05) is 45.0 Å². The Bertz CT molecular complexity index is 413. The Morgan fingerprint density at radius 2 is 1.39 bits per heavy atom. The van der Waals surface area contributed by atoms with Crippen molar-refractivity contribution in [1.82, 2.24) is 0 Å². The Labute approximate surface area is 142 Å². The van der Waals surface area contributed by atoms with E-state index in [4.69, 9.17) is 4.74 Å². The molecule has 0 aromatic heterocycles. The van der Waals surface area contributed by atoms with E-state index in [-0.39, 0.29) is 11.6 Å². The highest BCUT2D eigenvalue weighted by atomic mass is 16.5. The van der Waals surface area contributed by atoms with Crippen LogP contribution in [0.2, 0.25) is 0 Å². The third-order valence-corrected chi connectivity index (χ3v) is 2.65. The summed E-state index contributed by atoms with van der Waals surface area (Å²) in [6.45, 7) is 15.0. The van der Waals surface area contributed by atoms with Crippen LogP contribution in [0.5, 0.6) is 0 Å². The number of hydrogen-bond acceptors (Lipinski definition) is 3. The first-order valence-corrected chi connectivity index (χ1v) is 8.45. The van der Waals surface area contributed by atoms with Crippen LogP contribution in [-0.4, -0.2) is 24.8 Å². The summed E-state index contributed by atoms with van der Waals surface area (Å²) in [5.41, 5.74) is 2.15. The smallest absolute Gasteiger partial charge is 0.162 e. The first-order valence-electron chi connectivity index (χ1n) is 8.45. The van der Waals surface area contributed by atoms with E-state index in [2.05, 4.69) is 26.0 Å². The average molecular weight is 322 g/mol. The van der Waals surface area contributed by atoms with E-state index >= 15 is 0 Å². The molecule has 1 rings (SSSR count). The molecule has 0 heterocycles. The number of Topliss-reactive ketones (excluding diaryl/α,β-unsaturated/α-hetero) is 2. The zero-order valence-electron chi connectivity index (χ0n) is 15.9. The minimum Gasteiger partial charge on any atom is -0.382 e. The normalized spacial score (nSPS) is 9.39. The maximum absolute atomic E-state index is 11.3. The van der Waals surface area contributed by atoms with E-state index in [0.29, 0.717) is 12.3 Å². The Morgan fingerprint density at radius 3 is 1.65 bits per heavy atom. The fourth-order valence-electron chi connectivity index (χ4n) is 1.71. The first kappa shape index (κ1) is 23.8. The summed E-state index contributed by atoms with van der Waals surface area (Å²) < 4.78 is 4.83. The van der Waals surface area contributed by atoms with Gasteiger partial charge in [0.25, 0.3) is 0 Å². The van der Waals surface area contributed by atoms with E-state index in [1.165, 1.54) is 19.4 Å². The summed E-state index contributed by atoms with van der Waals surface area (Å²) in [4.78, 5) is 20.8. The monoisotopic (exact) mass is 322 g/mol. The second-order valence-corrected chi connectivity index (χ2v) is 5.76. The molecule has 0 radical (unpaired) electrons. The zero-order chi connectivity index (χ0) is 18.3. The second-order valence-electron chi connectivity index (χ2n) is 5.76. The van der Waals surface area contributed by atoms with Crippen molar-refractivity contribution in [3.05, 3.63) is 35.4 Å². The molecule has 0 aliphatic heterocycles. The van der Waals surface area contributed by atoms with E-state index in [1.54, 1.807) is 0 Å². The number of carbonyl (C=O) groups excluding carboxylic acids is 2. The molecule has 1 aromatic carbocycles. The topological polar surface area (TPSA) is 43.4 Å². The van der Waals surface area contributed by atoms with Gasteiger partial charge in [-0.2, -0.15) is 0 Å². The van der Waals surface area contributed by atoms with Crippen LogP contribution in [0.3, 0.4) is 0 Å². The Balaban J connectivity index is 0. The molecule has 0 saturated carbocycles.